The topological polar surface area (TPSA) is 81.4 Å². The van der Waals surface area contributed by atoms with Crippen molar-refractivity contribution in [3.63, 3.8) is 0 Å². The minimum absolute atomic E-state index is 0.0351. The third-order valence-electron chi connectivity index (χ3n) is 4.40. The number of halogens is 1. The average molecular weight is 356 g/mol. The van der Waals surface area contributed by atoms with Crippen molar-refractivity contribution in [2.75, 3.05) is 0 Å². The van der Waals surface area contributed by atoms with Gasteiger partial charge in [0.15, 0.2) is 0 Å². The van der Waals surface area contributed by atoms with Gasteiger partial charge in [-0.1, -0.05) is 24.3 Å². The van der Waals surface area contributed by atoms with Crippen LogP contribution in [0.15, 0.2) is 42.5 Å². The van der Waals surface area contributed by atoms with E-state index in [0.717, 1.165) is 5.56 Å². The summed E-state index contributed by atoms with van der Waals surface area (Å²) in [5.74, 6) is -0.760. The third kappa shape index (κ3) is 3.85. The Balaban J connectivity index is 1.81. The van der Waals surface area contributed by atoms with Gasteiger partial charge in [0.2, 0.25) is 11.8 Å². The maximum Gasteiger partial charge on any atom is 0.248 e. The lowest BCUT2D eigenvalue weighted by atomic mass is 9.89. The predicted octanol–water partition coefficient (Wildman–Crippen LogP) is 2.89. The molecular formula is C20H21FN2O3. The van der Waals surface area contributed by atoms with Crippen LogP contribution >= 0.6 is 0 Å². The van der Waals surface area contributed by atoms with E-state index in [1.165, 1.54) is 12.1 Å². The van der Waals surface area contributed by atoms with Crippen LogP contribution in [0.4, 0.5) is 4.39 Å². The molecule has 0 fully saturated rings. The molecular weight excluding hydrogens is 335 g/mol. The van der Waals surface area contributed by atoms with E-state index in [0.29, 0.717) is 23.3 Å². The second-order valence-electron chi connectivity index (χ2n) is 7.07. The van der Waals surface area contributed by atoms with Gasteiger partial charge in [0, 0.05) is 23.6 Å². The molecule has 1 atom stereocenters. The first kappa shape index (κ1) is 17.9. The molecule has 0 aromatic heterocycles. The quantitative estimate of drug-likeness (QED) is 0.884. The molecule has 136 valence electrons. The van der Waals surface area contributed by atoms with Crippen LogP contribution in [-0.2, 0) is 11.2 Å². The van der Waals surface area contributed by atoms with Crippen LogP contribution in [0.1, 0.15) is 47.8 Å². The zero-order valence-electron chi connectivity index (χ0n) is 14.7. The lowest BCUT2D eigenvalue weighted by Crippen LogP contribution is -2.41. The number of hydrogen-bond donors (Lipinski definition) is 2. The van der Waals surface area contributed by atoms with E-state index in [2.05, 4.69) is 5.32 Å². The van der Waals surface area contributed by atoms with Crippen LogP contribution in [0, 0.1) is 5.82 Å². The summed E-state index contributed by atoms with van der Waals surface area (Å²) >= 11 is 0. The molecule has 3 N–H and O–H groups in total. The maximum atomic E-state index is 13.5. The summed E-state index contributed by atoms with van der Waals surface area (Å²) in [6, 6.07) is 10.8. The molecule has 2 aromatic carbocycles. The van der Waals surface area contributed by atoms with Gasteiger partial charge in [0.25, 0.3) is 0 Å². The molecule has 0 saturated heterocycles. The lowest BCUT2D eigenvalue weighted by molar-refractivity contribution is -0.121. The molecule has 1 aliphatic rings. The molecule has 2 aromatic rings. The Hall–Kier alpha value is -2.89. The summed E-state index contributed by atoms with van der Waals surface area (Å²) in [6.07, 6.45) is 0.586. The standard InChI is InChI=1S/C20H21FN2O3/c1-20(2)11-16(15-8-7-13(21)10-17(15)26-20)23-18(24)9-12-5-3-4-6-14(12)19(22)25/h3-8,10,16H,9,11H2,1-2H3,(H2,22,25)(H,23,24). The normalized spacial score (nSPS) is 17.7. The maximum absolute atomic E-state index is 13.5. The summed E-state index contributed by atoms with van der Waals surface area (Å²) in [4.78, 5) is 24.1. The van der Waals surface area contributed by atoms with Gasteiger partial charge < -0.3 is 15.8 Å². The second kappa shape index (κ2) is 6.78. The molecule has 0 aliphatic carbocycles. The highest BCUT2D eigenvalue weighted by atomic mass is 19.1. The second-order valence-corrected chi connectivity index (χ2v) is 7.07. The molecule has 26 heavy (non-hydrogen) atoms. The molecule has 1 heterocycles. The summed E-state index contributed by atoms with van der Waals surface area (Å²) < 4.78 is 19.4. The Morgan fingerprint density at radius 2 is 2.00 bits per heavy atom. The molecule has 1 aliphatic heterocycles. The SMILES string of the molecule is CC1(C)CC(NC(=O)Cc2ccccc2C(N)=O)c2ccc(F)cc2O1. The minimum atomic E-state index is -0.568. The number of nitrogens with two attached hydrogens (primary N) is 1. The molecule has 0 spiro atoms. The molecule has 1 unspecified atom stereocenters. The van der Waals surface area contributed by atoms with Crippen LogP contribution in [0.5, 0.6) is 5.75 Å². The van der Waals surface area contributed by atoms with Gasteiger partial charge in [-0.05, 0) is 31.5 Å². The Labute approximate surface area is 151 Å². The number of ether oxygens (including phenoxy) is 1. The Bertz CT molecular complexity index is 864. The first-order valence-electron chi connectivity index (χ1n) is 8.41. The smallest absolute Gasteiger partial charge is 0.248 e. The van der Waals surface area contributed by atoms with Crippen molar-refractivity contribution >= 4 is 11.8 Å². The Morgan fingerprint density at radius 1 is 1.27 bits per heavy atom. The molecule has 6 heteroatoms. The van der Waals surface area contributed by atoms with Crippen LogP contribution < -0.4 is 15.8 Å². The van der Waals surface area contributed by atoms with Crippen molar-refractivity contribution in [1.29, 1.82) is 0 Å². The van der Waals surface area contributed by atoms with Crippen molar-refractivity contribution in [3.05, 3.63) is 65.0 Å². The van der Waals surface area contributed by atoms with E-state index in [-0.39, 0.29) is 24.2 Å². The van der Waals surface area contributed by atoms with Crippen molar-refractivity contribution < 1.29 is 18.7 Å². The summed E-state index contributed by atoms with van der Waals surface area (Å²) in [5.41, 5.74) is 6.47. The van der Waals surface area contributed by atoms with Crippen molar-refractivity contribution in [1.82, 2.24) is 5.32 Å². The summed E-state index contributed by atoms with van der Waals surface area (Å²) in [5, 5.41) is 2.97. The van der Waals surface area contributed by atoms with Gasteiger partial charge in [-0.3, -0.25) is 9.59 Å². The van der Waals surface area contributed by atoms with Gasteiger partial charge in [0.1, 0.15) is 17.2 Å². The van der Waals surface area contributed by atoms with Gasteiger partial charge in [-0.15, -0.1) is 0 Å². The summed E-state index contributed by atoms with van der Waals surface area (Å²) in [6.45, 7) is 3.78. The van der Waals surface area contributed by atoms with E-state index in [4.69, 9.17) is 10.5 Å². The lowest BCUT2D eigenvalue weighted by Gasteiger charge is -2.38. The largest absolute Gasteiger partial charge is 0.487 e. The van der Waals surface area contributed by atoms with Crippen LogP contribution in [0.2, 0.25) is 0 Å². The average Bonchev–Trinajstić information content (AvgIpc) is 2.53. The first-order valence-corrected chi connectivity index (χ1v) is 8.41. The monoisotopic (exact) mass is 356 g/mol. The van der Waals surface area contributed by atoms with E-state index in [1.807, 2.05) is 13.8 Å². The zero-order valence-corrected chi connectivity index (χ0v) is 14.7. The third-order valence-corrected chi connectivity index (χ3v) is 4.40. The van der Waals surface area contributed by atoms with Crippen molar-refractivity contribution in [2.24, 2.45) is 5.73 Å². The fourth-order valence-electron chi connectivity index (χ4n) is 3.29. The number of rotatable bonds is 4. The number of carbonyl (C=O) groups is 2. The fraction of sp³-hybridized carbons (Fsp3) is 0.300. The number of carbonyl (C=O) groups excluding carboxylic acids is 2. The van der Waals surface area contributed by atoms with Crippen molar-refractivity contribution in [2.45, 2.75) is 38.3 Å². The molecule has 3 rings (SSSR count). The first-order chi connectivity index (χ1) is 12.2. The molecule has 0 bridgehead atoms. The Morgan fingerprint density at radius 3 is 2.73 bits per heavy atom. The predicted molar refractivity (Wildman–Crippen MR) is 95.3 cm³/mol. The molecule has 5 nitrogen and oxygen atoms in total. The number of fused-ring (bicyclic) bond motifs is 1. The number of amides is 2. The molecule has 0 radical (unpaired) electrons. The highest BCUT2D eigenvalue weighted by Gasteiger charge is 2.34. The van der Waals surface area contributed by atoms with Crippen LogP contribution in [0.3, 0.4) is 0 Å². The van der Waals surface area contributed by atoms with E-state index < -0.39 is 11.5 Å². The molecule has 0 saturated carbocycles. The van der Waals surface area contributed by atoms with Crippen LogP contribution in [0.25, 0.3) is 0 Å². The van der Waals surface area contributed by atoms with E-state index in [1.54, 1.807) is 30.3 Å². The highest BCUT2D eigenvalue weighted by Crippen LogP contribution is 2.39. The zero-order chi connectivity index (χ0) is 18.9. The number of primary amides is 1. The summed E-state index contributed by atoms with van der Waals surface area (Å²) in [7, 11) is 0. The Kier molecular flexibility index (Phi) is 4.68. The highest BCUT2D eigenvalue weighted by molar-refractivity contribution is 5.95. The van der Waals surface area contributed by atoms with E-state index in [9.17, 15) is 14.0 Å². The van der Waals surface area contributed by atoms with Gasteiger partial charge >= 0.3 is 0 Å². The van der Waals surface area contributed by atoms with Crippen molar-refractivity contribution in [3.8, 4) is 5.75 Å². The number of hydrogen-bond acceptors (Lipinski definition) is 3. The van der Waals surface area contributed by atoms with Gasteiger partial charge in [-0.2, -0.15) is 0 Å². The fourth-order valence-corrected chi connectivity index (χ4v) is 3.29. The molecule has 2 amide bonds. The van der Waals surface area contributed by atoms with Gasteiger partial charge in [0.05, 0.1) is 12.5 Å². The number of nitrogens with one attached hydrogen (secondary N) is 1. The van der Waals surface area contributed by atoms with Gasteiger partial charge in [-0.25, -0.2) is 4.39 Å². The minimum Gasteiger partial charge on any atom is -0.487 e. The van der Waals surface area contributed by atoms with E-state index >= 15 is 0 Å². The van der Waals surface area contributed by atoms with Crippen LogP contribution in [-0.4, -0.2) is 17.4 Å². The number of benzene rings is 2.